The minimum atomic E-state index is -0.208. The van der Waals surface area contributed by atoms with Crippen LogP contribution in [0.4, 0.5) is 0 Å². The Morgan fingerprint density at radius 2 is 1.93 bits per heavy atom. The van der Waals surface area contributed by atoms with Crippen molar-refractivity contribution in [3.05, 3.63) is 65.2 Å². The van der Waals surface area contributed by atoms with Crippen LogP contribution in [-0.4, -0.2) is 35.0 Å². The van der Waals surface area contributed by atoms with E-state index >= 15 is 0 Å². The van der Waals surface area contributed by atoms with Gasteiger partial charge in [-0.05, 0) is 49.4 Å². The van der Waals surface area contributed by atoms with Crippen molar-refractivity contribution in [2.45, 2.75) is 44.2 Å². The van der Waals surface area contributed by atoms with E-state index in [9.17, 15) is 9.90 Å². The average molecular weight is 365 g/mol. The van der Waals surface area contributed by atoms with Gasteiger partial charge in [0, 0.05) is 25.0 Å². The fourth-order valence-electron chi connectivity index (χ4n) is 4.24. The zero-order valence-electron chi connectivity index (χ0n) is 15.7. The summed E-state index contributed by atoms with van der Waals surface area (Å²) in [4.78, 5) is 15.1. The normalized spacial score (nSPS) is 25.5. The monoisotopic (exact) mass is 365 g/mol. The number of piperidine rings is 1. The maximum Gasteiger partial charge on any atom is 0.241 e. The van der Waals surface area contributed by atoms with Crippen LogP contribution < -0.4 is 10.9 Å². The van der Waals surface area contributed by atoms with Crippen LogP contribution in [0.15, 0.2) is 48.5 Å². The summed E-state index contributed by atoms with van der Waals surface area (Å²) in [5, 5.41) is 9.45. The molecule has 5 nitrogen and oxygen atoms in total. The molecule has 2 aliphatic heterocycles. The van der Waals surface area contributed by atoms with E-state index in [4.69, 9.17) is 0 Å². The standard InChI is InChI=1S/C22H27N3O2/c1-15-4-2-5-17(12-15)18-6-3-11-25(14-18)22(27)21-13-20(23-24-21)16-7-9-19(26)10-8-16/h2,4-5,7-10,12,18,20-21,23-24,26H,3,6,11,13-14H2,1H3. The first-order chi connectivity index (χ1) is 13.1. The van der Waals surface area contributed by atoms with E-state index in [1.807, 2.05) is 17.0 Å². The van der Waals surface area contributed by atoms with Gasteiger partial charge in [0.05, 0.1) is 0 Å². The Bertz CT molecular complexity index is 805. The van der Waals surface area contributed by atoms with E-state index in [2.05, 4.69) is 42.0 Å². The van der Waals surface area contributed by atoms with Gasteiger partial charge in [0.15, 0.2) is 0 Å². The van der Waals surface area contributed by atoms with E-state index in [1.54, 1.807) is 12.1 Å². The number of phenols is 1. The Labute approximate surface area is 160 Å². The lowest BCUT2D eigenvalue weighted by atomic mass is 9.89. The minimum absolute atomic E-state index is 0.0805. The Kier molecular flexibility index (Phi) is 5.14. The van der Waals surface area contributed by atoms with Crippen LogP contribution in [0.5, 0.6) is 5.75 Å². The van der Waals surface area contributed by atoms with E-state index in [0.717, 1.165) is 37.9 Å². The molecule has 3 N–H and O–H groups in total. The highest BCUT2D eigenvalue weighted by Crippen LogP contribution is 2.29. The molecule has 0 spiro atoms. The van der Waals surface area contributed by atoms with Crippen LogP contribution in [0, 0.1) is 6.92 Å². The molecule has 2 aromatic carbocycles. The van der Waals surface area contributed by atoms with E-state index < -0.39 is 0 Å². The molecule has 142 valence electrons. The number of amides is 1. The lowest BCUT2D eigenvalue weighted by molar-refractivity contribution is -0.134. The second kappa shape index (κ2) is 7.71. The molecule has 0 bridgehead atoms. The van der Waals surface area contributed by atoms with Crippen molar-refractivity contribution in [3.8, 4) is 5.75 Å². The molecule has 27 heavy (non-hydrogen) atoms. The molecule has 3 atom stereocenters. The molecular formula is C22H27N3O2. The first kappa shape index (κ1) is 18.0. The molecule has 4 rings (SSSR count). The second-order valence-electron chi connectivity index (χ2n) is 7.76. The van der Waals surface area contributed by atoms with Crippen molar-refractivity contribution in [1.29, 1.82) is 0 Å². The third-order valence-corrected chi connectivity index (χ3v) is 5.74. The van der Waals surface area contributed by atoms with Gasteiger partial charge in [-0.15, -0.1) is 0 Å². The summed E-state index contributed by atoms with van der Waals surface area (Å²) in [6, 6.07) is 15.7. The quantitative estimate of drug-likeness (QED) is 0.782. The average Bonchev–Trinajstić information content (AvgIpc) is 3.18. The summed E-state index contributed by atoms with van der Waals surface area (Å²) in [7, 11) is 0. The van der Waals surface area contributed by atoms with Crippen LogP contribution in [0.2, 0.25) is 0 Å². The molecule has 2 saturated heterocycles. The third kappa shape index (κ3) is 3.99. The van der Waals surface area contributed by atoms with Gasteiger partial charge in [0.1, 0.15) is 11.8 Å². The number of aryl methyl sites for hydroxylation is 1. The smallest absolute Gasteiger partial charge is 0.241 e. The molecule has 2 aliphatic rings. The number of aromatic hydroxyl groups is 1. The second-order valence-corrected chi connectivity index (χ2v) is 7.76. The maximum absolute atomic E-state index is 13.1. The van der Waals surface area contributed by atoms with E-state index in [1.165, 1.54) is 11.1 Å². The minimum Gasteiger partial charge on any atom is -0.508 e. The van der Waals surface area contributed by atoms with E-state index in [0.29, 0.717) is 5.92 Å². The zero-order chi connectivity index (χ0) is 18.8. The predicted octanol–water partition coefficient (Wildman–Crippen LogP) is 3.01. The van der Waals surface area contributed by atoms with Crippen LogP contribution in [0.25, 0.3) is 0 Å². The van der Waals surface area contributed by atoms with Gasteiger partial charge in [-0.1, -0.05) is 42.0 Å². The zero-order valence-corrected chi connectivity index (χ0v) is 15.7. The summed E-state index contributed by atoms with van der Waals surface area (Å²) >= 11 is 0. The van der Waals surface area contributed by atoms with Gasteiger partial charge in [0.25, 0.3) is 0 Å². The highest BCUT2D eigenvalue weighted by atomic mass is 16.3. The summed E-state index contributed by atoms with van der Waals surface area (Å²) < 4.78 is 0. The predicted molar refractivity (Wildman–Crippen MR) is 105 cm³/mol. The third-order valence-electron chi connectivity index (χ3n) is 5.74. The number of nitrogens with one attached hydrogen (secondary N) is 2. The Morgan fingerprint density at radius 3 is 2.70 bits per heavy atom. The number of nitrogens with zero attached hydrogens (tertiary/aromatic N) is 1. The molecule has 2 heterocycles. The van der Waals surface area contributed by atoms with Crippen LogP contribution in [0.3, 0.4) is 0 Å². The number of rotatable bonds is 3. The molecule has 2 aromatic rings. The van der Waals surface area contributed by atoms with Crippen molar-refractivity contribution < 1.29 is 9.90 Å². The van der Waals surface area contributed by atoms with Crippen molar-refractivity contribution in [2.24, 2.45) is 0 Å². The number of benzene rings is 2. The number of phenolic OH excluding ortho intramolecular Hbond substituents is 1. The summed E-state index contributed by atoms with van der Waals surface area (Å²) in [5.41, 5.74) is 10.1. The number of carbonyl (C=O) groups excluding carboxylic acids is 1. The fraction of sp³-hybridized carbons (Fsp3) is 0.409. The fourth-order valence-corrected chi connectivity index (χ4v) is 4.24. The van der Waals surface area contributed by atoms with Gasteiger partial charge in [-0.2, -0.15) is 0 Å². The SMILES string of the molecule is Cc1cccc(C2CCCN(C(=O)C3CC(c4ccc(O)cc4)NN3)C2)c1. The molecule has 0 aromatic heterocycles. The Morgan fingerprint density at radius 1 is 1.11 bits per heavy atom. The summed E-state index contributed by atoms with van der Waals surface area (Å²) in [6.07, 6.45) is 2.90. The van der Waals surface area contributed by atoms with Gasteiger partial charge >= 0.3 is 0 Å². The first-order valence-corrected chi connectivity index (χ1v) is 9.75. The molecular weight excluding hydrogens is 338 g/mol. The summed E-state index contributed by atoms with van der Waals surface area (Å²) in [6.45, 7) is 3.75. The number of hydrogen-bond donors (Lipinski definition) is 3. The van der Waals surface area contributed by atoms with Crippen molar-refractivity contribution in [3.63, 3.8) is 0 Å². The molecule has 0 aliphatic carbocycles. The molecule has 0 radical (unpaired) electrons. The molecule has 1 amide bonds. The van der Waals surface area contributed by atoms with Crippen molar-refractivity contribution in [2.75, 3.05) is 13.1 Å². The van der Waals surface area contributed by atoms with Gasteiger partial charge in [-0.3, -0.25) is 4.79 Å². The van der Waals surface area contributed by atoms with Crippen LogP contribution >= 0.6 is 0 Å². The molecule has 0 saturated carbocycles. The number of hydrazine groups is 1. The highest BCUT2D eigenvalue weighted by molar-refractivity contribution is 5.82. The molecule has 5 heteroatoms. The van der Waals surface area contributed by atoms with Gasteiger partial charge in [0.2, 0.25) is 5.91 Å². The van der Waals surface area contributed by atoms with Gasteiger partial charge in [-0.25, -0.2) is 10.9 Å². The Balaban J connectivity index is 1.40. The topological polar surface area (TPSA) is 64.6 Å². The van der Waals surface area contributed by atoms with Crippen molar-refractivity contribution >= 4 is 5.91 Å². The lowest BCUT2D eigenvalue weighted by Gasteiger charge is -2.34. The van der Waals surface area contributed by atoms with E-state index in [-0.39, 0.29) is 23.7 Å². The first-order valence-electron chi connectivity index (χ1n) is 9.75. The van der Waals surface area contributed by atoms with Crippen LogP contribution in [-0.2, 0) is 4.79 Å². The molecule has 2 fully saturated rings. The summed E-state index contributed by atoms with van der Waals surface area (Å²) in [5.74, 6) is 0.860. The van der Waals surface area contributed by atoms with Crippen LogP contribution in [0.1, 0.15) is 47.9 Å². The van der Waals surface area contributed by atoms with Gasteiger partial charge < -0.3 is 10.0 Å². The number of likely N-dealkylation sites (tertiary alicyclic amines) is 1. The number of hydrogen-bond acceptors (Lipinski definition) is 4. The Hall–Kier alpha value is -2.37. The lowest BCUT2D eigenvalue weighted by Crippen LogP contribution is -2.48. The maximum atomic E-state index is 13.1. The largest absolute Gasteiger partial charge is 0.508 e. The number of carbonyl (C=O) groups is 1. The highest BCUT2D eigenvalue weighted by Gasteiger charge is 2.35. The molecule has 3 unspecified atom stereocenters. The van der Waals surface area contributed by atoms with Crippen molar-refractivity contribution in [1.82, 2.24) is 15.8 Å².